The van der Waals surface area contributed by atoms with Crippen LogP contribution in [0.25, 0.3) is 0 Å². The number of rotatable bonds is 6. The van der Waals surface area contributed by atoms with Crippen molar-refractivity contribution in [3.8, 4) is 0 Å². The van der Waals surface area contributed by atoms with Crippen LogP contribution in [0.4, 0.5) is 0 Å². The van der Waals surface area contributed by atoms with Gasteiger partial charge in [0.05, 0.1) is 0 Å². The highest BCUT2D eigenvalue weighted by Gasteiger charge is 2.21. The minimum absolute atomic E-state index is 0.522. The van der Waals surface area contributed by atoms with Crippen LogP contribution in [0.5, 0.6) is 0 Å². The standard InChI is InChI=1S/C13H22N6/c1-4-7-14-13(15-8-11-5-6-11)16-9-12-18-17-10(2)19(12)3/h4,11H,1,5-9H2,2-3H3,(H2,14,15,16). The number of hydrogen-bond donors (Lipinski definition) is 2. The summed E-state index contributed by atoms with van der Waals surface area (Å²) in [5.74, 6) is 3.39. The van der Waals surface area contributed by atoms with E-state index in [2.05, 4.69) is 32.4 Å². The van der Waals surface area contributed by atoms with Crippen LogP contribution in [0.1, 0.15) is 24.5 Å². The van der Waals surface area contributed by atoms with Gasteiger partial charge in [0.1, 0.15) is 12.4 Å². The van der Waals surface area contributed by atoms with E-state index in [1.54, 1.807) is 0 Å². The van der Waals surface area contributed by atoms with Crippen molar-refractivity contribution in [1.82, 2.24) is 25.4 Å². The van der Waals surface area contributed by atoms with Gasteiger partial charge in [0.25, 0.3) is 0 Å². The average molecular weight is 262 g/mol. The lowest BCUT2D eigenvalue weighted by molar-refractivity contribution is 0.731. The van der Waals surface area contributed by atoms with E-state index in [4.69, 9.17) is 0 Å². The third kappa shape index (κ3) is 4.08. The highest BCUT2D eigenvalue weighted by atomic mass is 15.3. The Morgan fingerprint density at radius 1 is 1.47 bits per heavy atom. The zero-order valence-corrected chi connectivity index (χ0v) is 11.7. The minimum atomic E-state index is 0.522. The normalized spacial score (nSPS) is 15.4. The zero-order valence-electron chi connectivity index (χ0n) is 11.7. The van der Waals surface area contributed by atoms with Crippen molar-refractivity contribution in [2.45, 2.75) is 26.3 Å². The predicted molar refractivity (Wildman–Crippen MR) is 75.8 cm³/mol. The second kappa shape index (κ2) is 6.36. The van der Waals surface area contributed by atoms with Gasteiger partial charge in [0.2, 0.25) is 0 Å². The second-order valence-electron chi connectivity index (χ2n) is 4.88. The lowest BCUT2D eigenvalue weighted by atomic mass is 10.4. The Labute approximate surface area is 114 Å². The van der Waals surface area contributed by atoms with Gasteiger partial charge in [-0.1, -0.05) is 6.08 Å². The number of aliphatic imine (C=N–C) groups is 1. The summed E-state index contributed by atoms with van der Waals surface area (Å²) in [7, 11) is 1.95. The van der Waals surface area contributed by atoms with E-state index in [1.165, 1.54) is 12.8 Å². The van der Waals surface area contributed by atoms with E-state index in [9.17, 15) is 0 Å². The molecule has 0 atom stereocenters. The maximum absolute atomic E-state index is 4.53. The second-order valence-corrected chi connectivity index (χ2v) is 4.88. The highest BCUT2D eigenvalue weighted by molar-refractivity contribution is 5.79. The van der Waals surface area contributed by atoms with E-state index in [-0.39, 0.29) is 0 Å². The Morgan fingerprint density at radius 2 is 2.26 bits per heavy atom. The molecule has 1 aromatic rings. The molecule has 0 aromatic carbocycles. The van der Waals surface area contributed by atoms with Crippen LogP contribution < -0.4 is 10.6 Å². The van der Waals surface area contributed by atoms with Crippen LogP contribution in [-0.4, -0.2) is 33.8 Å². The first kappa shape index (κ1) is 13.6. The maximum atomic E-state index is 4.53. The quantitative estimate of drug-likeness (QED) is 0.451. The average Bonchev–Trinajstić information content (AvgIpc) is 3.18. The van der Waals surface area contributed by atoms with E-state index in [0.29, 0.717) is 13.1 Å². The van der Waals surface area contributed by atoms with Gasteiger partial charge >= 0.3 is 0 Å². The van der Waals surface area contributed by atoms with E-state index >= 15 is 0 Å². The molecule has 1 saturated carbocycles. The summed E-state index contributed by atoms with van der Waals surface area (Å²) in [5.41, 5.74) is 0. The van der Waals surface area contributed by atoms with E-state index in [1.807, 2.05) is 24.6 Å². The Balaban J connectivity index is 1.92. The Morgan fingerprint density at radius 3 is 2.84 bits per heavy atom. The summed E-state index contributed by atoms with van der Waals surface area (Å²) in [4.78, 5) is 4.53. The zero-order chi connectivity index (χ0) is 13.7. The maximum Gasteiger partial charge on any atom is 0.191 e. The first-order chi connectivity index (χ1) is 9.20. The summed E-state index contributed by atoms with van der Waals surface area (Å²) < 4.78 is 1.95. The molecule has 0 bridgehead atoms. The molecule has 2 N–H and O–H groups in total. The Hall–Kier alpha value is -1.85. The van der Waals surface area contributed by atoms with Crippen LogP contribution in [0.3, 0.4) is 0 Å². The number of nitrogens with zero attached hydrogens (tertiary/aromatic N) is 4. The minimum Gasteiger partial charge on any atom is -0.356 e. The number of aryl methyl sites for hydroxylation is 1. The fourth-order valence-corrected chi connectivity index (χ4v) is 1.64. The molecule has 1 aliphatic carbocycles. The van der Waals surface area contributed by atoms with Crippen molar-refractivity contribution in [3.63, 3.8) is 0 Å². The number of nitrogens with one attached hydrogen (secondary N) is 2. The van der Waals surface area contributed by atoms with Gasteiger partial charge in [-0.3, -0.25) is 0 Å². The van der Waals surface area contributed by atoms with Crippen LogP contribution in [0.15, 0.2) is 17.6 Å². The Kier molecular flexibility index (Phi) is 4.54. The van der Waals surface area contributed by atoms with Crippen molar-refractivity contribution < 1.29 is 0 Å². The lowest BCUT2D eigenvalue weighted by Gasteiger charge is -2.10. The van der Waals surface area contributed by atoms with Crippen LogP contribution in [-0.2, 0) is 13.6 Å². The molecule has 0 unspecified atom stereocenters. The first-order valence-electron chi connectivity index (χ1n) is 6.68. The van der Waals surface area contributed by atoms with Gasteiger partial charge in [-0.25, -0.2) is 4.99 Å². The lowest BCUT2D eigenvalue weighted by Crippen LogP contribution is -2.38. The van der Waals surface area contributed by atoms with Crippen molar-refractivity contribution in [2.75, 3.05) is 13.1 Å². The van der Waals surface area contributed by atoms with Gasteiger partial charge in [-0.05, 0) is 25.7 Å². The molecule has 1 heterocycles. The number of aromatic nitrogens is 3. The van der Waals surface area contributed by atoms with Crippen molar-refractivity contribution in [3.05, 3.63) is 24.3 Å². The molecule has 0 aliphatic heterocycles. The number of hydrogen-bond acceptors (Lipinski definition) is 3. The van der Waals surface area contributed by atoms with Gasteiger partial charge in [-0.15, -0.1) is 16.8 Å². The summed E-state index contributed by atoms with van der Waals surface area (Å²) in [6.07, 6.45) is 4.47. The molecule has 6 nitrogen and oxygen atoms in total. The van der Waals surface area contributed by atoms with Crippen molar-refractivity contribution >= 4 is 5.96 Å². The van der Waals surface area contributed by atoms with Crippen molar-refractivity contribution in [1.29, 1.82) is 0 Å². The molecule has 0 amide bonds. The fraction of sp³-hybridized carbons (Fsp3) is 0.615. The SMILES string of the molecule is C=CCNC(=NCc1nnc(C)n1C)NCC1CC1. The van der Waals surface area contributed by atoms with Gasteiger partial charge in [0.15, 0.2) is 11.8 Å². The summed E-state index contributed by atoms with van der Waals surface area (Å²) in [5, 5.41) is 14.7. The molecular weight excluding hydrogens is 240 g/mol. The topological polar surface area (TPSA) is 67.1 Å². The summed E-state index contributed by atoms with van der Waals surface area (Å²) in [6.45, 7) is 7.85. The van der Waals surface area contributed by atoms with Crippen LogP contribution in [0, 0.1) is 12.8 Å². The molecule has 6 heteroatoms. The smallest absolute Gasteiger partial charge is 0.191 e. The highest BCUT2D eigenvalue weighted by Crippen LogP contribution is 2.27. The molecule has 2 rings (SSSR count). The fourth-order valence-electron chi connectivity index (χ4n) is 1.64. The van der Waals surface area contributed by atoms with E-state index < -0.39 is 0 Å². The molecule has 1 fully saturated rings. The van der Waals surface area contributed by atoms with Crippen LogP contribution in [0.2, 0.25) is 0 Å². The van der Waals surface area contributed by atoms with E-state index in [0.717, 1.165) is 30.1 Å². The first-order valence-corrected chi connectivity index (χ1v) is 6.68. The van der Waals surface area contributed by atoms with Crippen molar-refractivity contribution in [2.24, 2.45) is 18.0 Å². The molecule has 0 spiro atoms. The monoisotopic (exact) mass is 262 g/mol. The molecule has 1 aromatic heterocycles. The third-order valence-corrected chi connectivity index (χ3v) is 3.23. The van der Waals surface area contributed by atoms with Crippen LogP contribution >= 0.6 is 0 Å². The summed E-state index contributed by atoms with van der Waals surface area (Å²) in [6, 6.07) is 0. The molecule has 0 radical (unpaired) electrons. The summed E-state index contributed by atoms with van der Waals surface area (Å²) >= 11 is 0. The molecule has 19 heavy (non-hydrogen) atoms. The number of guanidine groups is 1. The molecule has 1 aliphatic rings. The molecular formula is C13H22N6. The molecule has 104 valence electrons. The van der Waals surface area contributed by atoms with Gasteiger partial charge in [-0.2, -0.15) is 0 Å². The Bertz CT molecular complexity index is 458. The van der Waals surface area contributed by atoms with Gasteiger partial charge in [0, 0.05) is 20.1 Å². The van der Waals surface area contributed by atoms with Gasteiger partial charge < -0.3 is 15.2 Å². The predicted octanol–water partition coefficient (Wildman–Crippen LogP) is 0.755. The molecule has 0 saturated heterocycles. The third-order valence-electron chi connectivity index (χ3n) is 3.23. The largest absolute Gasteiger partial charge is 0.356 e.